The molecule has 16 heavy (non-hydrogen) atoms. The van der Waals surface area contributed by atoms with Crippen LogP contribution in [0.5, 0.6) is 0 Å². The van der Waals surface area contributed by atoms with Gasteiger partial charge in [-0.05, 0) is 53.2 Å². The van der Waals surface area contributed by atoms with E-state index in [9.17, 15) is 0 Å². The molecule has 0 heterocycles. The Labute approximate surface area is 111 Å². The first-order chi connectivity index (χ1) is 7.54. The molecule has 3 N–H and O–H groups in total. The average Bonchev–Trinajstić information content (AvgIpc) is 2.23. The van der Waals surface area contributed by atoms with E-state index >= 15 is 0 Å². The Morgan fingerprint density at radius 2 is 2.19 bits per heavy atom. The molecule has 0 amide bonds. The third-order valence-electron chi connectivity index (χ3n) is 2.33. The Bertz CT molecular complexity index is 355. The van der Waals surface area contributed by atoms with Gasteiger partial charge in [-0.25, -0.2) is 0 Å². The highest BCUT2D eigenvalue weighted by molar-refractivity contribution is 9.10. The molecule has 0 aliphatic heterocycles. The molecule has 1 atom stereocenters. The Morgan fingerprint density at radius 1 is 1.50 bits per heavy atom. The minimum Gasteiger partial charge on any atom is -0.398 e. The summed E-state index contributed by atoms with van der Waals surface area (Å²) in [6.07, 6.45) is 0. The summed E-state index contributed by atoms with van der Waals surface area (Å²) >= 11 is 5.47. The molecule has 1 unspecified atom stereocenters. The number of halogens is 1. The van der Waals surface area contributed by atoms with Gasteiger partial charge in [0, 0.05) is 27.6 Å². The zero-order valence-electron chi connectivity index (χ0n) is 10.0. The molecule has 1 rings (SSSR count). The van der Waals surface area contributed by atoms with E-state index < -0.39 is 0 Å². The molecular weight excluding hydrogens is 284 g/mol. The van der Waals surface area contributed by atoms with E-state index in [1.165, 1.54) is 0 Å². The van der Waals surface area contributed by atoms with Crippen molar-refractivity contribution in [2.45, 2.75) is 26.8 Å². The van der Waals surface area contributed by atoms with E-state index in [-0.39, 0.29) is 0 Å². The van der Waals surface area contributed by atoms with E-state index in [0.717, 1.165) is 32.9 Å². The fourth-order valence-electron chi connectivity index (χ4n) is 1.41. The number of benzene rings is 1. The van der Waals surface area contributed by atoms with Crippen molar-refractivity contribution < 1.29 is 0 Å². The third-order valence-corrected chi connectivity index (χ3v) is 4.13. The molecule has 1 aromatic rings. The summed E-state index contributed by atoms with van der Waals surface area (Å²) < 4.78 is 1.03. The van der Waals surface area contributed by atoms with Crippen molar-refractivity contribution in [1.82, 2.24) is 0 Å². The lowest BCUT2D eigenvalue weighted by Crippen LogP contribution is -2.18. The van der Waals surface area contributed by atoms with Crippen LogP contribution in [0.25, 0.3) is 0 Å². The number of anilines is 2. The standard InChI is InChI=1S/C12H19BrN2S/c1-4-16-7-9(3)15-12-5-8(2)11(14)6-10(12)13/h5-6,9,15H,4,7,14H2,1-3H3. The summed E-state index contributed by atoms with van der Waals surface area (Å²) in [5, 5.41) is 3.49. The summed E-state index contributed by atoms with van der Waals surface area (Å²) in [5.74, 6) is 2.28. The van der Waals surface area contributed by atoms with Crippen molar-refractivity contribution in [3.05, 3.63) is 22.2 Å². The molecule has 0 aliphatic carbocycles. The number of nitrogens with two attached hydrogens (primary N) is 1. The molecule has 2 nitrogen and oxygen atoms in total. The van der Waals surface area contributed by atoms with Gasteiger partial charge in [0.1, 0.15) is 0 Å². The summed E-state index contributed by atoms with van der Waals surface area (Å²) in [6, 6.07) is 4.51. The SMILES string of the molecule is CCSCC(C)Nc1cc(C)c(N)cc1Br. The smallest absolute Gasteiger partial charge is 0.0491 e. The van der Waals surface area contributed by atoms with E-state index in [2.05, 4.69) is 41.2 Å². The molecule has 0 saturated carbocycles. The fourth-order valence-corrected chi connectivity index (χ4v) is 2.56. The number of hydrogen-bond acceptors (Lipinski definition) is 3. The predicted octanol–water partition coefficient (Wildman–Crippen LogP) is 3.89. The van der Waals surface area contributed by atoms with Crippen LogP contribution in [-0.2, 0) is 0 Å². The summed E-state index contributed by atoms with van der Waals surface area (Å²) in [4.78, 5) is 0. The van der Waals surface area contributed by atoms with Gasteiger partial charge in [0.05, 0.1) is 0 Å². The second-order valence-corrected chi connectivity index (χ2v) is 6.07. The van der Waals surface area contributed by atoms with Crippen LogP contribution in [0.3, 0.4) is 0 Å². The lowest BCUT2D eigenvalue weighted by Gasteiger charge is -2.17. The molecule has 1 aromatic carbocycles. The van der Waals surface area contributed by atoms with Crippen LogP contribution < -0.4 is 11.1 Å². The Morgan fingerprint density at radius 3 is 2.81 bits per heavy atom. The molecule has 0 aliphatic rings. The van der Waals surface area contributed by atoms with Crippen LogP contribution in [0.4, 0.5) is 11.4 Å². The first-order valence-corrected chi connectivity index (χ1v) is 7.39. The monoisotopic (exact) mass is 302 g/mol. The van der Waals surface area contributed by atoms with Crippen LogP contribution in [0.1, 0.15) is 19.4 Å². The maximum absolute atomic E-state index is 5.84. The van der Waals surface area contributed by atoms with Crippen molar-refractivity contribution in [2.75, 3.05) is 22.6 Å². The van der Waals surface area contributed by atoms with Crippen molar-refractivity contribution in [1.29, 1.82) is 0 Å². The summed E-state index contributed by atoms with van der Waals surface area (Å²) in [5.41, 5.74) is 8.90. The van der Waals surface area contributed by atoms with Crippen LogP contribution >= 0.6 is 27.7 Å². The highest BCUT2D eigenvalue weighted by Gasteiger charge is 2.07. The van der Waals surface area contributed by atoms with Crippen LogP contribution in [0, 0.1) is 6.92 Å². The molecule has 0 aromatic heterocycles. The molecule has 0 radical (unpaired) electrons. The van der Waals surface area contributed by atoms with Gasteiger partial charge in [0.25, 0.3) is 0 Å². The van der Waals surface area contributed by atoms with Gasteiger partial charge in [-0.1, -0.05) is 6.92 Å². The molecule has 90 valence electrons. The van der Waals surface area contributed by atoms with Gasteiger partial charge in [-0.15, -0.1) is 0 Å². The maximum atomic E-state index is 5.84. The number of rotatable bonds is 5. The minimum absolute atomic E-state index is 0.462. The predicted molar refractivity (Wildman–Crippen MR) is 79.4 cm³/mol. The second-order valence-electron chi connectivity index (χ2n) is 3.89. The van der Waals surface area contributed by atoms with E-state index in [1.54, 1.807) is 0 Å². The number of nitrogen functional groups attached to an aromatic ring is 1. The summed E-state index contributed by atoms with van der Waals surface area (Å²) in [6.45, 7) is 6.40. The molecular formula is C12H19BrN2S. The summed E-state index contributed by atoms with van der Waals surface area (Å²) in [7, 11) is 0. The maximum Gasteiger partial charge on any atom is 0.0491 e. The minimum atomic E-state index is 0.462. The van der Waals surface area contributed by atoms with Gasteiger partial charge in [0.15, 0.2) is 0 Å². The zero-order chi connectivity index (χ0) is 12.1. The van der Waals surface area contributed by atoms with Gasteiger partial charge in [-0.3, -0.25) is 0 Å². The highest BCUT2D eigenvalue weighted by Crippen LogP contribution is 2.28. The number of aryl methyl sites for hydroxylation is 1. The normalized spacial score (nSPS) is 12.5. The van der Waals surface area contributed by atoms with Gasteiger partial charge in [-0.2, -0.15) is 11.8 Å². The average molecular weight is 303 g/mol. The number of hydrogen-bond donors (Lipinski definition) is 2. The van der Waals surface area contributed by atoms with Crippen molar-refractivity contribution in [2.24, 2.45) is 0 Å². The lowest BCUT2D eigenvalue weighted by atomic mass is 10.2. The first-order valence-electron chi connectivity index (χ1n) is 5.44. The molecule has 0 saturated heterocycles. The molecule has 4 heteroatoms. The largest absolute Gasteiger partial charge is 0.398 e. The number of nitrogens with one attached hydrogen (secondary N) is 1. The van der Waals surface area contributed by atoms with E-state index in [1.807, 2.05) is 24.8 Å². The Balaban J connectivity index is 2.69. The lowest BCUT2D eigenvalue weighted by molar-refractivity contribution is 0.911. The Kier molecular flexibility index (Phi) is 5.49. The zero-order valence-corrected chi connectivity index (χ0v) is 12.4. The first kappa shape index (κ1) is 13.7. The topological polar surface area (TPSA) is 38.0 Å². The van der Waals surface area contributed by atoms with Crippen molar-refractivity contribution in [3.63, 3.8) is 0 Å². The highest BCUT2D eigenvalue weighted by atomic mass is 79.9. The quantitative estimate of drug-likeness (QED) is 0.810. The van der Waals surface area contributed by atoms with Crippen LogP contribution in [0.2, 0.25) is 0 Å². The van der Waals surface area contributed by atoms with E-state index in [0.29, 0.717) is 6.04 Å². The molecule has 0 bridgehead atoms. The molecule has 0 fully saturated rings. The third kappa shape index (κ3) is 3.91. The van der Waals surface area contributed by atoms with E-state index in [4.69, 9.17) is 5.73 Å². The fraction of sp³-hybridized carbons (Fsp3) is 0.500. The van der Waals surface area contributed by atoms with Gasteiger partial charge in [0.2, 0.25) is 0 Å². The van der Waals surface area contributed by atoms with Gasteiger partial charge < -0.3 is 11.1 Å². The van der Waals surface area contributed by atoms with Crippen LogP contribution in [0.15, 0.2) is 16.6 Å². The second kappa shape index (κ2) is 6.40. The molecule has 0 spiro atoms. The van der Waals surface area contributed by atoms with Crippen LogP contribution in [-0.4, -0.2) is 17.5 Å². The Hall–Kier alpha value is -0.350. The van der Waals surface area contributed by atoms with Gasteiger partial charge >= 0.3 is 0 Å². The van der Waals surface area contributed by atoms with Crippen molar-refractivity contribution >= 4 is 39.1 Å². The van der Waals surface area contributed by atoms with Crippen molar-refractivity contribution in [3.8, 4) is 0 Å². The number of thioether (sulfide) groups is 1.